The molecule has 0 spiro atoms. The average Bonchev–Trinajstić information content (AvgIpc) is 2.58. The Morgan fingerprint density at radius 1 is 0.900 bits per heavy atom. The van der Waals surface area contributed by atoms with Gasteiger partial charge in [0.25, 0.3) is 0 Å². The molecule has 0 bridgehead atoms. The monoisotopic (exact) mass is 266 g/mol. The van der Waals surface area contributed by atoms with Gasteiger partial charge >= 0.3 is 0 Å². The van der Waals surface area contributed by atoms with Crippen LogP contribution in [0.4, 0.5) is 5.69 Å². The molecule has 0 aromatic heterocycles. The van der Waals surface area contributed by atoms with Gasteiger partial charge in [0, 0.05) is 11.6 Å². The first-order chi connectivity index (χ1) is 9.48. The Morgan fingerprint density at radius 3 is 2.40 bits per heavy atom. The van der Waals surface area contributed by atoms with E-state index >= 15 is 0 Å². The summed E-state index contributed by atoms with van der Waals surface area (Å²) in [4.78, 5) is 0. The van der Waals surface area contributed by atoms with Crippen LogP contribution in [0.1, 0.15) is 23.1 Å². The molecule has 0 atom stereocenters. The third-order valence-electron chi connectivity index (χ3n) is 4.41. The summed E-state index contributed by atoms with van der Waals surface area (Å²) in [6.07, 6.45) is 3.65. The third-order valence-corrected chi connectivity index (χ3v) is 4.41. The molecule has 0 radical (unpaired) electrons. The van der Waals surface area contributed by atoms with Crippen LogP contribution >= 0.6 is 0 Å². The number of nitrogens with zero attached hydrogens (tertiary/aromatic N) is 1. The van der Waals surface area contributed by atoms with Crippen LogP contribution in [0.3, 0.4) is 0 Å². The average molecular weight is 266 g/mol. The van der Waals surface area contributed by atoms with Crippen molar-refractivity contribution in [3.63, 3.8) is 0 Å². The van der Waals surface area contributed by atoms with E-state index in [0.717, 1.165) is 4.48 Å². The molecule has 1 heteroatoms. The highest BCUT2D eigenvalue weighted by Crippen LogP contribution is 2.41. The molecule has 0 saturated heterocycles. The number of fused-ring (bicyclic) bond motifs is 3. The molecular weight excluding hydrogens is 242 g/mol. The van der Waals surface area contributed by atoms with Crippen molar-refractivity contribution in [2.45, 2.75) is 26.2 Å². The molecule has 1 aliphatic rings. The minimum atomic E-state index is 0.872. The van der Waals surface area contributed by atoms with E-state index in [9.17, 15) is 0 Å². The number of hydrogen-bond donors (Lipinski definition) is 0. The molecule has 0 aliphatic heterocycles. The topological polar surface area (TPSA) is 0 Å². The van der Waals surface area contributed by atoms with E-state index in [1.54, 1.807) is 5.56 Å². The van der Waals surface area contributed by atoms with Crippen LogP contribution in [0.25, 0.3) is 11.1 Å². The molecule has 0 fully saturated rings. The lowest BCUT2D eigenvalue weighted by Crippen LogP contribution is -2.35. The predicted octanol–water partition coefficient (Wildman–Crippen LogP) is 4.35. The first-order valence-electron chi connectivity index (χ1n) is 7.51. The summed E-state index contributed by atoms with van der Waals surface area (Å²) < 4.78 is 0.872. The standard InChI is InChI=1S/C19H24N/c1-14-12-13-18(20(2,3)4)19-16(14)11-7-9-15-8-5-6-10-17(15)19/h5-6,8,10,12-13H,7,9,11H2,1-4H3/q+1. The second-order valence-corrected chi connectivity index (χ2v) is 6.78. The van der Waals surface area contributed by atoms with Crippen LogP contribution in [-0.2, 0) is 12.8 Å². The van der Waals surface area contributed by atoms with E-state index in [1.165, 1.54) is 47.2 Å². The molecule has 2 aromatic rings. The summed E-state index contributed by atoms with van der Waals surface area (Å²) in [5, 5.41) is 0. The van der Waals surface area contributed by atoms with Crippen LogP contribution < -0.4 is 4.48 Å². The fourth-order valence-corrected chi connectivity index (χ4v) is 3.36. The molecule has 0 saturated carbocycles. The van der Waals surface area contributed by atoms with Crippen LogP contribution in [0, 0.1) is 6.92 Å². The summed E-state index contributed by atoms with van der Waals surface area (Å²) in [6.45, 7) is 2.26. The molecule has 0 N–H and O–H groups in total. The minimum absolute atomic E-state index is 0.872. The highest BCUT2D eigenvalue weighted by Gasteiger charge is 2.25. The molecule has 0 amide bonds. The zero-order valence-corrected chi connectivity index (χ0v) is 13.0. The fourth-order valence-electron chi connectivity index (χ4n) is 3.36. The lowest BCUT2D eigenvalue weighted by Gasteiger charge is -2.28. The van der Waals surface area contributed by atoms with E-state index in [-0.39, 0.29) is 0 Å². The number of hydrogen-bond acceptors (Lipinski definition) is 0. The Kier molecular flexibility index (Phi) is 3.18. The highest BCUT2D eigenvalue weighted by atomic mass is 15.3. The van der Waals surface area contributed by atoms with Crippen molar-refractivity contribution in [3.05, 3.63) is 53.1 Å². The number of benzene rings is 2. The van der Waals surface area contributed by atoms with Gasteiger partial charge in [0.05, 0.1) is 21.1 Å². The summed E-state index contributed by atoms with van der Waals surface area (Å²) >= 11 is 0. The van der Waals surface area contributed by atoms with Crippen molar-refractivity contribution >= 4 is 5.69 Å². The van der Waals surface area contributed by atoms with E-state index in [0.29, 0.717) is 0 Å². The summed E-state index contributed by atoms with van der Waals surface area (Å²) in [7, 11) is 6.79. The normalized spacial score (nSPS) is 14.4. The maximum atomic E-state index is 2.32. The number of rotatable bonds is 1. The Hall–Kier alpha value is -1.60. The van der Waals surface area contributed by atoms with E-state index in [4.69, 9.17) is 0 Å². The van der Waals surface area contributed by atoms with Gasteiger partial charge in [-0.1, -0.05) is 30.3 Å². The zero-order chi connectivity index (χ0) is 14.3. The Balaban J connectivity index is 2.37. The molecule has 104 valence electrons. The maximum Gasteiger partial charge on any atom is 0.140 e. The second-order valence-electron chi connectivity index (χ2n) is 6.78. The molecule has 0 unspecified atom stereocenters. The Morgan fingerprint density at radius 2 is 1.65 bits per heavy atom. The molecular formula is C19H24N+. The maximum absolute atomic E-state index is 2.32. The summed E-state index contributed by atoms with van der Waals surface area (Å²) in [6, 6.07) is 13.6. The van der Waals surface area contributed by atoms with Crippen LogP contribution in [0.5, 0.6) is 0 Å². The highest BCUT2D eigenvalue weighted by molar-refractivity contribution is 5.83. The first-order valence-corrected chi connectivity index (χ1v) is 7.51. The number of aryl methyl sites for hydroxylation is 2. The van der Waals surface area contributed by atoms with Crippen molar-refractivity contribution in [1.29, 1.82) is 0 Å². The smallest absolute Gasteiger partial charge is 0.140 e. The molecule has 1 aliphatic carbocycles. The fraction of sp³-hybridized carbons (Fsp3) is 0.368. The van der Waals surface area contributed by atoms with Crippen molar-refractivity contribution < 1.29 is 0 Å². The van der Waals surface area contributed by atoms with Crippen LogP contribution in [0.2, 0.25) is 0 Å². The zero-order valence-electron chi connectivity index (χ0n) is 13.0. The lowest BCUT2D eigenvalue weighted by molar-refractivity contribution is 0.487. The van der Waals surface area contributed by atoms with Gasteiger partial charge in [-0.25, -0.2) is 0 Å². The van der Waals surface area contributed by atoms with Crippen molar-refractivity contribution in [3.8, 4) is 11.1 Å². The quantitative estimate of drug-likeness (QED) is 0.673. The SMILES string of the molecule is Cc1ccc([N+](C)(C)C)c2c1CCCc1ccccc1-2. The third kappa shape index (κ3) is 2.16. The first kappa shape index (κ1) is 13.4. The summed E-state index contributed by atoms with van der Waals surface area (Å²) in [5.74, 6) is 0. The largest absolute Gasteiger partial charge is 0.298 e. The molecule has 0 heterocycles. The Labute approximate surface area is 122 Å². The molecule has 2 aromatic carbocycles. The van der Waals surface area contributed by atoms with Gasteiger partial charge in [0.2, 0.25) is 0 Å². The van der Waals surface area contributed by atoms with Crippen molar-refractivity contribution in [2.75, 3.05) is 21.1 Å². The van der Waals surface area contributed by atoms with Gasteiger partial charge in [-0.3, -0.25) is 4.48 Å². The van der Waals surface area contributed by atoms with Gasteiger partial charge in [-0.2, -0.15) is 0 Å². The Bertz CT molecular complexity index is 647. The minimum Gasteiger partial charge on any atom is -0.298 e. The van der Waals surface area contributed by atoms with E-state index < -0.39 is 0 Å². The van der Waals surface area contributed by atoms with Crippen LogP contribution in [0.15, 0.2) is 36.4 Å². The van der Waals surface area contributed by atoms with E-state index in [2.05, 4.69) is 64.5 Å². The van der Waals surface area contributed by atoms with Gasteiger partial charge in [0.15, 0.2) is 0 Å². The summed E-state index contributed by atoms with van der Waals surface area (Å²) in [5.41, 5.74) is 8.87. The molecule has 20 heavy (non-hydrogen) atoms. The predicted molar refractivity (Wildman–Crippen MR) is 88.2 cm³/mol. The van der Waals surface area contributed by atoms with Crippen molar-refractivity contribution in [2.24, 2.45) is 0 Å². The van der Waals surface area contributed by atoms with Gasteiger partial charge in [-0.05, 0) is 48.4 Å². The van der Waals surface area contributed by atoms with E-state index in [1.807, 2.05) is 0 Å². The number of quaternary nitrogens is 1. The van der Waals surface area contributed by atoms with Gasteiger partial charge in [0.1, 0.15) is 5.69 Å². The molecule has 3 rings (SSSR count). The molecule has 1 nitrogen and oxygen atoms in total. The second kappa shape index (κ2) is 4.75. The van der Waals surface area contributed by atoms with Crippen molar-refractivity contribution in [1.82, 2.24) is 4.48 Å². The van der Waals surface area contributed by atoms with Gasteiger partial charge < -0.3 is 0 Å². The lowest BCUT2D eigenvalue weighted by atomic mass is 9.91. The van der Waals surface area contributed by atoms with Crippen LogP contribution in [-0.4, -0.2) is 21.1 Å². The van der Waals surface area contributed by atoms with Gasteiger partial charge in [-0.15, -0.1) is 0 Å².